The first kappa shape index (κ1) is 11.7. The minimum atomic E-state index is -0.347. The number of hydrogen-bond acceptors (Lipinski definition) is 3. The highest BCUT2D eigenvalue weighted by molar-refractivity contribution is 9.10. The summed E-state index contributed by atoms with van der Waals surface area (Å²) in [6, 6.07) is 8.20. The van der Waals surface area contributed by atoms with Crippen LogP contribution in [0.3, 0.4) is 0 Å². The summed E-state index contributed by atoms with van der Waals surface area (Å²) in [7, 11) is 0. The molecule has 1 aromatic carbocycles. The summed E-state index contributed by atoms with van der Waals surface area (Å²) in [5.41, 5.74) is 0.228. The molecule has 0 atom stereocenters. The van der Waals surface area contributed by atoms with Gasteiger partial charge in [0, 0.05) is 4.47 Å². The third-order valence-corrected chi connectivity index (χ3v) is 2.70. The van der Waals surface area contributed by atoms with Crippen LogP contribution in [0.2, 0.25) is 0 Å². The van der Waals surface area contributed by atoms with E-state index in [4.69, 9.17) is 4.42 Å². The van der Waals surface area contributed by atoms with Gasteiger partial charge in [0.1, 0.15) is 11.5 Å². The van der Waals surface area contributed by atoms with Crippen molar-refractivity contribution in [3.05, 3.63) is 52.4 Å². The minimum Gasteiger partial charge on any atom is -0.507 e. The first-order chi connectivity index (χ1) is 8.16. The molecule has 0 aliphatic carbocycles. The molecular weight excluding hydrogens is 286 g/mol. The number of aromatic hydroxyl groups is 1. The number of halogens is 1. The third-order valence-electron chi connectivity index (χ3n) is 2.21. The maximum atomic E-state index is 11.8. The fourth-order valence-corrected chi connectivity index (χ4v) is 1.73. The highest BCUT2D eigenvalue weighted by Crippen LogP contribution is 2.21. The standard InChI is InChI=1S/C12H10BrNO3/c13-8-3-4-11(15)10(6-8)12(16)14-7-9-2-1-5-17-9/h1-6,15H,7H2,(H,14,16). The monoisotopic (exact) mass is 295 g/mol. The van der Waals surface area contributed by atoms with Gasteiger partial charge in [-0.25, -0.2) is 0 Å². The predicted molar refractivity (Wildman–Crippen MR) is 65.7 cm³/mol. The highest BCUT2D eigenvalue weighted by atomic mass is 79.9. The molecule has 4 nitrogen and oxygen atoms in total. The number of rotatable bonds is 3. The molecule has 0 aliphatic heterocycles. The summed E-state index contributed by atoms with van der Waals surface area (Å²) < 4.78 is 5.82. The molecule has 0 unspecified atom stereocenters. The second-order valence-corrected chi connectivity index (χ2v) is 4.34. The van der Waals surface area contributed by atoms with Gasteiger partial charge in [-0.05, 0) is 30.3 Å². The van der Waals surface area contributed by atoms with E-state index in [2.05, 4.69) is 21.2 Å². The summed E-state index contributed by atoms with van der Waals surface area (Å²) >= 11 is 3.24. The molecule has 1 heterocycles. The van der Waals surface area contributed by atoms with E-state index in [1.165, 1.54) is 12.3 Å². The van der Waals surface area contributed by atoms with E-state index in [1.54, 1.807) is 24.3 Å². The van der Waals surface area contributed by atoms with Crippen molar-refractivity contribution in [2.75, 3.05) is 0 Å². The van der Waals surface area contributed by atoms with Crippen molar-refractivity contribution in [3.63, 3.8) is 0 Å². The number of nitrogens with one attached hydrogen (secondary N) is 1. The first-order valence-corrected chi connectivity index (χ1v) is 5.75. The largest absolute Gasteiger partial charge is 0.507 e. The van der Waals surface area contributed by atoms with Crippen molar-refractivity contribution in [1.82, 2.24) is 5.32 Å². The van der Waals surface area contributed by atoms with Gasteiger partial charge in [0.05, 0.1) is 18.4 Å². The number of carbonyl (C=O) groups is 1. The fourth-order valence-electron chi connectivity index (χ4n) is 1.37. The highest BCUT2D eigenvalue weighted by Gasteiger charge is 2.11. The van der Waals surface area contributed by atoms with Crippen molar-refractivity contribution in [3.8, 4) is 5.75 Å². The van der Waals surface area contributed by atoms with Crippen LogP contribution >= 0.6 is 15.9 Å². The van der Waals surface area contributed by atoms with E-state index in [9.17, 15) is 9.90 Å². The maximum Gasteiger partial charge on any atom is 0.255 e. The van der Waals surface area contributed by atoms with E-state index < -0.39 is 0 Å². The van der Waals surface area contributed by atoms with Crippen molar-refractivity contribution in [2.24, 2.45) is 0 Å². The molecule has 17 heavy (non-hydrogen) atoms. The molecule has 0 saturated heterocycles. The topological polar surface area (TPSA) is 62.5 Å². The maximum absolute atomic E-state index is 11.8. The normalized spacial score (nSPS) is 10.2. The molecule has 1 amide bonds. The minimum absolute atomic E-state index is 0.0508. The van der Waals surface area contributed by atoms with Crippen LogP contribution in [0.15, 0.2) is 45.5 Å². The number of benzene rings is 1. The number of carbonyl (C=O) groups excluding carboxylic acids is 1. The average molecular weight is 296 g/mol. The molecule has 88 valence electrons. The molecule has 0 radical (unpaired) electrons. The van der Waals surface area contributed by atoms with Gasteiger partial charge in [-0.2, -0.15) is 0 Å². The molecular formula is C12H10BrNO3. The zero-order chi connectivity index (χ0) is 12.3. The average Bonchev–Trinajstić information content (AvgIpc) is 2.82. The van der Waals surface area contributed by atoms with Crippen LogP contribution in [0.1, 0.15) is 16.1 Å². The zero-order valence-corrected chi connectivity index (χ0v) is 10.4. The van der Waals surface area contributed by atoms with E-state index in [-0.39, 0.29) is 23.8 Å². The Kier molecular flexibility index (Phi) is 3.49. The van der Waals surface area contributed by atoms with Gasteiger partial charge in [-0.15, -0.1) is 0 Å². The molecule has 2 N–H and O–H groups in total. The van der Waals surface area contributed by atoms with Gasteiger partial charge in [0.15, 0.2) is 0 Å². The molecule has 0 fully saturated rings. The van der Waals surface area contributed by atoms with Crippen LogP contribution in [-0.2, 0) is 6.54 Å². The second kappa shape index (κ2) is 5.05. The molecule has 0 spiro atoms. The molecule has 1 aromatic heterocycles. The van der Waals surface area contributed by atoms with Gasteiger partial charge >= 0.3 is 0 Å². The second-order valence-electron chi connectivity index (χ2n) is 3.42. The Hall–Kier alpha value is -1.75. The van der Waals surface area contributed by atoms with Crippen molar-refractivity contribution in [1.29, 1.82) is 0 Å². The van der Waals surface area contributed by atoms with E-state index in [0.717, 1.165) is 4.47 Å². The van der Waals surface area contributed by atoms with Crippen LogP contribution in [-0.4, -0.2) is 11.0 Å². The molecule has 0 bridgehead atoms. The Morgan fingerprint density at radius 1 is 1.41 bits per heavy atom. The van der Waals surface area contributed by atoms with Gasteiger partial charge in [-0.1, -0.05) is 15.9 Å². The Morgan fingerprint density at radius 2 is 2.24 bits per heavy atom. The number of phenols is 1. The molecule has 0 saturated carbocycles. The SMILES string of the molecule is O=C(NCc1ccco1)c1cc(Br)ccc1O. The lowest BCUT2D eigenvalue weighted by molar-refractivity contribution is 0.0945. The number of amides is 1. The predicted octanol–water partition coefficient (Wildman–Crippen LogP) is 2.68. The molecule has 2 rings (SSSR count). The van der Waals surface area contributed by atoms with Crippen molar-refractivity contribution >= 4 is 21.8 Å². The van der Waals surface area contributed by atoms with Gasteiger partial charge < -0.3 is 14.8 Å². The van der Waals surface area contributed by atoms with Crippen molar-refractivity contribution < 1.29 is 14.3 Å². The number of hydrogen-bond donors (Lipinski definition) is 2. The van der Waals surface area contributed by atoms with Crippen LogP contribution < -0.4 is 5.32 Å². The van der Waals surface area contributed by atoms with E-state index in [1.807, 2.05) is 0 Å². The van der Waals surface area contributed by atoms with Crippen LogP contribution in [0.25, 0.3) is 0 Å². The van der Waals surface area contributed by atoms with Crippen LogP contribution in [0.4, 0.5) is 0 Å². The van der Waals surface area contributed by atoms with Crippen molar-refractivity contribution in [2.45, 2.75) is 6.54 Å². The summed E-state index contributed by atoms with van der Waals surface area (Å²) in [6.07, 6.45) is 1.54. The fraction of sp³-hybridized carbons (Fsp3) is 0.0833. The lowest BCUT2D eigenvalue weighted by Crippen LogP contribution is -2.22. The summed E-state index contributed by atoms with van der Waals surface area (Å²) in [5, 5.41) is 12.2. The first-order valence-electron chi connectivity index (χ1n) is 4.96. The number of phenolic OH excluding ortho intramolecular Hbond substituents is 1. The third kappa shape index (κ3) is 2.88. The lowest BCUT2D eigenvalue weighted by Gasteiger charge is -2.05. The van der Waals surface area contributed by atoms with Gasteiger partial charge in [0.25, 0.3) is 5.91 Å². The summed E-state index contributed by atoms with van der Waals surface area (Å²) in [6.45, 7) is 0.289. The molecule has 2 aromatic rings. The quantitative estimate of drug-likeness (QED) is 0.915. The lowest BCUT2D eigenvalue weighted by atomic mass is 10.2. The summed E-state index contributed by atoms with van der Waals surface area (Å²) in [5.74, 6) is 0.262. The Labute approximate surface area is 106 Å². The Morgan fingerprint density at radius 3 is 2.94 bits per heavy atom. The summed E-state index contributed by atoms with van der Waals surface area (Å²) in [4.78, 5) is 11.8. The Bertz CT molecular complexity index is 523. The van der Waals surface area contributed by atoms with Crippen LogP contribution in [0.5, 0.6) is 5.75 Å². The molecule has 0 aliphatic rings. The van der Waals surface area contributed by atoms with E-state index in [0.29, 0.717) is 5.76 Å². The van der Waals surface area contributed by atoms with Gasteiger partial charge in [-0.3, -0.25) is 4.79 Å². The molecule has 5 heteroatoms. The zero-order valence-electron chi connectivity index (χ0n) is 8.81. The number of furan rings is 1. The smallest absolute Gasteiger partial charge is 0.255 e. The Balaban J connectivity index is 2.07. The van der Waals surface area contributed by atoms with Gasteiger partial charge in [0.2, 0.25) is 0 Å². The van der Waals surface area contributed by atoms with E-state index >= 15 is 0 Å². The van der Waals surface area contributed by atoms with Crippen LogP contribution in [0, 0.1) is 0 Å².